The summed E-state index contributed by atoms with van der Waals surface area (Å²) in [4.78, 5) is 3.47. The second kappa shape index (κ2) is 3.39. The van der Waals surface area contributed by atoms with Gasteiger partial charge in [0.25, 0.3) is 5.82 Å². The summed E-state index contributed by atoms with van der Waals surface area (Å²) >= 11 is 0. The Hall–Kier alpha value is -0.830. The van der Waals surface area contributed by atoms with E-state index in [1.807, 2.05) is 0 Å². The highest BCUT2D eigenvalue weighted by atomic mass is 15.1. The number of piperidine rings is 1. The van der Waals surface area contributed by atoms with Gasteiger partial charge in [-0.25, -0.2) is 9.55 Å². The van der Waals surface area contributed by atoms with Crippen LogP contribution in [0, 0.1) is 0 Å². The second-order valence-electron chi connectivity index (χ2n) is 4.46. The van der Waals surface area contributed by atoms with E-state index in [1.165, 1.54) is 50.3 Å². The first-order valence-electron chi connectivity index (χ1n) is 5.76. The molecule has 0 bridgehead atoms. The molecule has 3 rings (SSSR count). The molecule has 1 atom stereocenters. The number of fused-ring (bicyclic) bond motifs is 1. The largest absolute Gasteiger partial charge is 0.316 e. The number of nitrogens with one attached hydrogen (secondary N) is 2. The topological polar surface area (TPSA) is 31.7 Å². The molecule has 14 heavy (non-hydrogen) atoms. The van der Waals surface area contributed by atoms with Crippen molar-refractivity contribution in [3.63, 3.8) is 0 Å². The van der Waals surface area contributed by atoms with Gasteiger partial charge in [0.05, 0.1) is 12.5 Å². The van der Waals surface area contributed by atoms with Crippen molar-refractivity contribution in [2.45, 2.75) is 38.1 Å². The molecule has 2 aliphatic heterocycles. The zero-order valence-electron chi connectivity index (χ0n) is 8.55. The molecular weight excluding hydrogens is 174 g/mol. The standard InChI is InChI=1S/C11H17N3/c1-3-9(7-12-5-1)11-13-8-10-4-2-6-14(10)11/h8-9,12H,1-7H2/p+1. The van der Waals surface area contributed by atoms with Crippen molar-refractivity contribution < 1.29 is 4.57 Å². The molecule has 1 unspecified atom stereocenters. The lowest BCUT2D eigenvalue weighted by atomic mass is 9.99. The van der Waals surface area contributed by atoms with Crippen molar-refractivity contribution in [2.75, 3.05) is 13.1 Å². The molecular formula is C11H18N3+. The van der Waals surface area contributed by atoms with Crippen LogP contribution >= 0.6 is 0 Å². The van der Waals surface area contributed by atoms with Crippen molar-refractivity contribution in [1.82, 2.24) is 10.3 Å². The maximum Gasteiger partial charge on any atom is 0.258 e. The maximum absolute atomic E-state index is 3.48. The van der Waals surface area contributed by atoms with Crippen LogP contribution in [-0.2, 0) is 13.0 Å². The van der Waals surface area contributed by atoms with Crippen molar-refractivity contribution in [1.29, 1.82) is 0 Å². The van der Waals surface area contributed by atoms with Crippen LogP contribution in [0.4, 0.5) is 0 Å². The number of aryl methyl sites for hydroxylation is 1. The Morgan fingerprint density at radius 2 is 2.36 bits per heavy atom. The summed E-state index contributed by atoms with van der Waals surface area (Å²) in [7, 11) is 0. The molecule has 1 saturated heterocycles. The summed E-state index contributed by atoms with van der Waals surface area (Å²) in [6, 6.07) is 0. The second-order valence-corrected chi connectivity index (χ2v) is 4.46. The first-order valence-corrected chi connectivity index (χ1v) is 5.76. The summed E-state index contributed by atoms with van der Waals surface area (Å²) in [6.07, 6.45) is 7.46. The molecule has 2 aliphatic rings. The van der Waals surface area contributed by atoms with Crippen molar-refractivity contribution in [3.8, 4) is 0 Å². The van der Waals surface area contributed by atoms with E-state index < -0.39 is 0 Å². The third-order valence-electron chi connectivity index (χ3n) is 3.52. The monoisotopic (exact) mass is 192 g/mol. The number of imidazole rings is 1. The molecule has 0 amide bonds. The van der Waals surface area contributed by atoms with Crippen LogP contribution in [0.25, 0.3) is 0 Å². The molecule has 0 saturated carbocycles. The minimum Gasteiger partial charge on any atom is -0.316 e. The van der Waals surface area contributed by atoms with Crippen LogP contribution in [0.15, 0.2) is 6.20 Å². The van der Waals surface area contributed by atoms with E-state index in [9.17, 15) is 0 Å². The Kier molecular flexibility index (Phi) is 2.05. The highest BCUT2D eigenvalue weighted by Gasteiger charge is 2.29. The van der Waals surface area contributed by atoms with Gasteiger partial charge < -0.3 is 5.32 Å². The van der Waals surface area contributed by atoms with Crippen LogP contribution < -0.4 is 9.88 Å². The minimum absolute atomic E-state index is 0.718. The van der Waals surface area contributed by atoms with Crippen LogP contribution in [0.2, 0.25) is 0 Å². The molecule has 0 radical (unpaired) electrons. The average molecular weight is 192 g/mol. The van der Waals surface area contributed by atoms with Gasteiger partial charge in [-0.3, -0.25) is 0 Å². The predicted octanol–water partition coefficient (Wildman–Crippen LogP) is 0.715. The number of hydrogen-bond acceptors (Lipinski definition) is 1. The number of aromatic nitrogens is 2. The Bertz CT molecular complexity index is 323. The van der Waals surface area contributed by atoms with E-state index in [4.69, 9.17) is 0 Å². The molecule has 3 heteroatoms. The third-order valence-corrected chi connectivity index (χ3v) is 3.52. The van der Waals surface area contributed by atoms with Gasteiger partial charge in [0.2, 0.25) is 0 Å². The lowest BCUT2D eigenvalue weighted by Crippen LogP contribution is -2.41. The van der Waals surface area contributed by atoms with Crippen LogP contribution in [-0.4, -0.2) is 18.1 Å². The van der Waals surface area contributed by atoms with Crippen molar-refractivity contribution in [3.05, 3.63) is 17.7 Å². The summed E-state index contributed by atoms with van der Waals surface area (Å²) in [5.41, 5.74) is 1.51. The molecule has 1 aromatic rings. The van der Waals surface area contributed by atoms with Crippen molar-refractivity contribution >= 4 is 0 Å². The van der Waals surface area contributed by atoms with Crippen molar-refractivity contribution in [2.24, 2.45) is 0 Å². The van der Waals surface area contributed by atoms with Gasteiger partial charge in [0, 0.05) is 13.0 Å². The summed E-state index contributed by atoms with van der Waals surface area (Å²) in [5.74, 6) is 2.18. The van der Waals surface area contributed by atoms with Gasteiger partial charge >= 0.3 is 0 Å². The fourth-order valence-corrected chi connectivity index (χ4v) is 2.78. The Labute approximate surface area is 84.5 Å². The quantitative estimate of drug-likeness (QED) is 0.631. The number of H-pyrrole nitrogens is 1. The van der Waals surface area contributed by atoms with Crippen LogP contribution in [0.1, 0.15) is 36.7 Å². The molecule has 3 heterocycles. The van der Waals surface area contributed by atoms with Gasteiger partial charge in [0.1, 0.15) is 11.9 Å². The Balaban J connectivity index is 1.88. The minimum atomic E-state index is 0.718. The molecule has 0 aromatic carbocycles. The number of aromatic amines is 1. The molecule has 1 aromatic heterocycles. The molecule has 3 nitrogen and oxygen atoms in total. The normalized spacial score (nSPS) is 26.4. The fraction of sp³-hybridized carbons (Fsp3) is 0.727. The van der Waals surface area contributed by atoms with E-state index in [2.05, 4.69) is 21.1 Å². The van der Waals surface area contributed by atoms with E-state index in [-0.39, 0.29) is 0 Å². The Morgan fingerprint density at radius 1 is 1.36 bits per heavy atom. The van der Waals surface area contributed by atoms with Gasteiger partial charge in [-0.15, -0.1) is 0 Å². The number of hydrogen-bond donors (Lipinski definition) is 2. The van der Waals surface area contributed by atoms with Gasteiger partial charge in [-0.1, -0.05) is 0 Å². The molecule has 0 spiro atoms. The van der Waals surface area contributed by atoms with E-state index in [0.717, 1.165) is 12.5 Å². The van der Waals surface area contributed by atoms with E-state index >= 15 is 0 Å². The van der Waals surface area contributed by atoms with Gasteiger partial charge in [0.15, 0.2) is 0 Å². The van der Waals surface area contributed by atoms with Crippen LogP contribution in [0.5, 0.6) is 0 Å². The molecule has 1 fully saturated rings. The fourth-order valence-electron chi connectivity index (χ4n) is 2.78. The SMILES string of the molecule is c1[nH]c(C2CCCNC2)[n+]2c1CCC2. The highest BCUT2D eigenvalue weighted by molar-refractivity contribution is 5.00. The molecule has 76 valence electrons. The lowest BCUT2D eigenvalue weighted by molar-refractivity contribution is -0.698. The van der Waals surface area contributed by atoms with E-state index in [1.54, 1.807) is 0 Å². The summed E-state index contributed by atoms with van der Waals surface area (Å²) < 4.78 is 2.50. The number of nitrogens with zero attached hydrogens (tertiary/aromatic N) is 1. The smallest absolute Gasteiger partial charge is 0.258 e. The summed E-state index contributed by atoms with van der Waals surface area (Å²) in [5, 5.41) is 3.48. The van der Waals surface area contributed by atoms with Gasteiger partial charge in [-0.2, -0.15) is 0 Å². The first kappa shape index (κ1) is 8.48. The summed E-state index contributed by atoms with van der Waals surface area (Å²) in [6.45, 7) is 3.58. The van der Waals surface area contributed by atoms with E-state index in [0.29, 0.717) is 0 Å². The predicted molar refractivity (Wildman–Crippen MR) is 54.2 cm³/mol. The number of rotatable bonds is 1. The first-order chi connectivity index (χ1) is 6.95. The molecule has 2 N–H and O–H groups in total. The molecule has 0 aliphatic carbocycles. The third kappa shape index (κ3) is 1.27. The zero-order chi connectivity index (χ0) is 9.38. The zero-order valence-corrected chi connectivity index (χ0v) is 8.55. The average Bonchev–Trinajstić information content (AvgIpc) is 2.79. The maximum atomic E-state index is 3.48. The van der Waals surface area contributed by atoms with Gasteiger partial charge in [-0.05, 0) is 25.8 Å². The van der Waals surface area contributed by atoms with Crippen LogP contribution in [0.3, 0.4) is 0 Å². The lowest BCUT2D eigenvalue weighted by Gasteiger charge is -2.19. The Morgan fingerprint density at radius 3 is 3.21 bits per heavy atom. The highest BCUT2D eigenvalue weighted by Crippen LogP contribution is 2.21.